The van der Waals surface area contributed by atoms with E-state index in [1.54, 1.807) is 4.90 Å². The first kappa shape index (κ1) is 52.4. The number of rotatable bonds is 22. The van der Waals surface area contributed by atoms with Crippen molar-refractivity contribution in [3.05, 3.63) is 45.2 Å². The Morgan fingerprint density at radius 1 is 1.06 bits per heavy atom. The van der Waals surface area contributed by atoms with Crippen molar-refractivity contribution in [2.24, 2.45) is 11.8 Å². The molecule has 19 heteroatoms. The van der Waals surface area contributed by atoms with Gasteiger partial charge in [-0.2, -0.15) is 8.78 Å². The van der Waals surface area contributed by atoms with Gasteiger partial charge in [0.25, 0.3) is 5.91 Å². The molecule has 0 spiro atoms. The zero-order valence-electron chi connectivity index (χ0n) is 37.5. The summed E-state index contributed by atoms with van der Waals surface area (Å²) in [5, 5.41) is 2.30. The van der Waals surface area contributed by atoms with Gasteiger partial charge in [0.05, 0.1) is 18.3 Å². The molecule has 2 heterocycles. The molecule has 3 rings (SSSR count). The fourth-order valence-corrected chi connectivity index (χ4v) is 8.87. The lowest BCUT2D eigenvalue weighted by molar-refractivity contribution is -0.219. The second-order valence-corrected chi connectivity index (χ2v) is 23.3. The summed E-state index contributed by atoms with van der Waals surface area (Å²) in [5.74, 6) is -14.6. The molecular weight excluding hydrogens is 856 g/mol. The number of amides is 2. The number of halogens is 5. The smallest absolute Gasteiger partial charge is 0.363 e. The topological polar surface area (TPSA) is 128 Å². The third kappa shape index (κ3) is 12.2. The molecule has 2 amide bonds. The van der Waals surface area contributed by atoms with E-state index in [1.807, 2.05) is 34.6 Å². The molecule has 0 bridgehead atoms. The molecule has 2 aromatic rings. The molecule has 1 aromatic heterocycles. The number of carbonyl (C=O) groups excluding carboxylic acids is 4. The fraction of sp³-hybridized carbons (Fsp3) is 0.651. The van der Waals surface area contributed by atoms with Crippen LogP contribution in [0.25, 0.3) is 0 Å². The number of hydroxylamine groups is 2. The van der Waals surface area contributed by atoms with Crippen molar-refractivity contribution in [1.29, 1.82) is 0 Å². The number of carbonyl (C=O) groups is 4. The molecule has 0 unspecified atom stereocenters. The quantitative estimate of drug-likeness (QED) is 0.0108. The SMILES string of the molecule is C#CCCCON(C(=O)[C@H]([C@@H](C)CC)N(C=O)[C@]1(C)CCCN1CCO[Si](C)(C)C(C)(C)C)[C@H](C[C@@H](OC(C)=O)c1nc(C(=O)Oc2c(F)c(F)c(F)c(F)c2F)cs1)C(C)C. The summed E-state index contributed by atoms with van der Waals surface area (Å²) in [6.45, 7) is 23.0. The second-order valence-electron chi connectivity index (χ2n) is 17.6. The maximum Gasteiger partial charge on any atom is 0.363 e. The van der Waals surface area contributed by atoms with E-state index in [2.05, 4.69) is 54.4 Å². The van der Waals surface area contributed by atoms with Crippen LogP contribution < -0.4 is 4.74 Å². The number of hydrogen-bond acceptors (Lipinski definition) is 11. The second kappa shape index (κ2) is 22.1. The Kier molecular flexibility index (Phi) is 18.7. The molecule has 0 N–H and O–H groups in total. The minimum atomic E-state index is -2.43. The Labute approximate surface area is 366 Å². The highest BCUT2D eigenvalue weighted by molar-refractivity contribution is 7.09. The van der Waals surface area contributed by atoms with Crippen LogP contribution in [0.4, 0.5) is 22.0 Å². The van der Waals surface area contributed by atoms with Gasteiger partial charge in [0.1, 0.15) is 11.0 Å². The third-order valence-corrected chi connectivity index (χ3v) is 17.4. The summed E-state index contributed by atoms with van der Waals surface area (Å²) in [7, 11) is -2.08. The van der Waals surface area contributed by atoms with E-state index in [-0.39, 0.29) is 29.0 Å². The summed E-state index contributed by atoms with van der Waals surface area (Å²) in [6, 6.07) is -1.88. The third-order valence-electron chi connectivity index (χ3n) is 11.9. The summed E-state index contributed by atoms with van der Waals surface area (Å²) in [5.41, 5.74) is -1.46. The van der Waals surface area contributed by atoms with Gasteiger partial charge in [0.15, 0.2) is 20.1 Å². The predicted molar refractivity (Wildman–Crippen MR) is 225 cm³/mol. The molecule has 0 saturated carbocycles. The molecule has 1 fully saturated rings. The molecular formula is C43H61F5N4O8SSi. The van der Waals surface area contributed by atoms with Crippen LogP contribution in [0.15, 0.2) is 5.38 Å². The Bertz CT molecular complexity index is 1910. The van der Waals surface area contributed by atoms with Crippen LogP contribution in [0.1, 0.15) is 122 Å². The van der Waals surface area contributed by atoms with E-state index >= 15 is 4.79 Å². The van der Waals surface area contributed by atoms with E-state index in [0.717, 1.165) is 30.1 Å². The van der Waals surface area contributed by atoms with Gasteiger partial charge in [-0.15, -0.1) is 23.7 Å². The van der Waals surface area contributed by atoms with Crippen molar-refractivity contribution in [2.75, 3.05) is 26.3 Å². The molecule has 346 valence electrons. The van der Waals surface area contributed by atoms with Crippen molar-refractivity contribution >= 4 is 43.9 Å². The van der Waals surface area contributed by atoms with Crippen LogP contribution in [0.2, 0.25) is 18.1 Å². The van der Waals surface area contributed by atoms with Gasteiger partial charge < -0.3 is 18.8 Å². The van der Waals surface area contributed by atoms with E-state index < -0.39 is 96.5 Å². The van der Waals surface area contributed by atoms with Crippen LogP contribution in [0.3, 0.4) is 0 Å². The van der Waals surface area contributed by atoms with E-state index in [0.29, 0.717) is 51.8 Å². The van der Waals surface area contributed by atoms with E-state index in [4.69, 9.17) is 20.4 Å². The summed E-state index contributed by atoms with van der Waals surface area (Å²) < 4.78 is 86.7. The van der Waals surface area contributed by atoms with E-state index in [9.17, 15) is 36.3 Å². The zero-order chi connectivity index (χ0) is 46.9. The molecule has 1 aromatic carbocycles. The van der Waals surface area contributed by atoms with E-state index in [1.165, 1.54) is 5.06 Å². The van der Waals surface area contributed by atoms with Crippen LogP contribution >= 0.6 is 11.3 Å². The van der Waals surface area contributed by atoms with Crippen LogP contribution in [0, 0.1) is 53.3 Å². The number of nitrogens with zero attached hydrogens (tertiary/aromatic N) is 4. The monoisotopic (exact) mass is 916 g/mol. The fourth-order valence-electron chi connectivity index (χ4n) is 7.01. The number of benzene rings is 1. The molecule has 0 radical (unpaired) electrons. The number of hydrogen-bond donors (Lipinski definition) is 0. The molecule has 0 aliphatic carbocycles. The Morgan fingerprint density at radius 2 is 1.68 bits per heavy atom. The Morgan fingerprint density at radius 3 is 2.21 bits per heavy atom. The first-order valence-electron chi connectivity index (χ1n) is 20.8. The lowest BCUT2D eigenvalue weighted by Crippen LogP contribution is -2.65. The van der Waals surface area contributed by atoms with Crippen molar-refractivity contribution in [1.82, 2.24) is 19.8 Å². The average Bonchev–Trinajstić information content (AvgIpc) is 3.85. The van der Waals surface area contributed by atoms with Crippen molar-refractivity contribution in [3.63, 3.8) is 0 Å². The highest BCUT2D eigenvalue weighted by Gasteiger charge is 2.49. The number of ether oxygens (including phenoxy) is 2. The maximum atomic E-state index is 15.2. The molecule has 5 atom stereocenters. The summed E-state index contributed by atoms with van der Waals surface area (Å²) >= 11 is 0.784. The minimum absolute atomic E-state index is 0.000727. The minimum Gasteiger partial charge on any atom is -0.455 e. The maximum absolute atomic E-state index is 15.2. The van der Waals surface area contributed by atoms with Gasteiger partial charge in [0.2, 0.25) is 41.2 Å². The lowest BCUT2D eigenvalue weighted by Gasteiger charge is -2.49. The molecule has 12 nitrogen and oxygen atoms in total. The van der Waals surface area contributed by atoms with Crippen molar-refractivity contribution in [2.45, 2.75) is 143 Å². The number of thiazole rings is 1. The number of terminal acetylenes is 1. The standard InChI is InChI=1S/C43H61F5N4O8SSi/c1-13-15-16-21-57-52(40(55)37(27(5)14-2)51(25-53)43(10)18-17-19-50(43)20-22-58-62(11,12)42(7,8)9)30(26(3)4)23-31(59-28(6)54)39-49-29(24-61-39)41(56)60-38-35(47)33(45)32(44)34(46)36(38)48/h1,24-27,30-31,37H,14-23H2,2-12H3/t27-,30+,31+,37-,43+/m0/s1. The molecule has 1 aliphatic rings. The van der Waals surface area contributed by atoms with Crippen LogP contribution in [-0.4, -0.2) is 96.5 Å². The summed E-state index contributed by atoms with van der Waals surface area (Å²) in [6.07, 6.45) is 7.43. The van der Waals surface area contributed by atoms with Gasteiger partial charge in [0, 0.05) is 44.8 Å². The van der Waals surface area contributed by atoms with Crippen LogP contribution in [0.5, 0.6) is 5.75 Å². The number of esters is 2. The normalized spacial score (nSPS) is 17.9. The summed E-state index contributed by atoms with van der Waals surface area (Å²) in [4.78, 5) is 68.3. The number of likely N-dealkylation sites (tertiary alicyclic amines) is 1. The van der Waals surface area contributed by atoms with Crippen molar-refractivity contribution in [3.8, 4) is 18.1 Å². The lowest BCUT2D eigenvalue weighted by atomic mass is 9.91. The highest BCUT2D eigenvalue weighted by Crippen LogP contribution is 2.39. The molecule has 1 aliphatic heterocycles. The predicted octanol–water partition coefficient (Wildman–Crippen LogP) is 8.96. The zero-order valence-corrected chi connectivity index (χ0v) is 39.4. The Hall–Kier alpha value is -3.96. The highest BCUT2D eigenvalue weighted by atomic mass is 32.1. The Balaban J connectivity index is 2.04. The largest absolute Gasteiger partial charge is 0.455 e. The first-order valence-corrected chi connectivity index (χ1v) is 24.6. The van der Waals surface area contributed by atoms with Gasteiger partial charge >= 0.3 is 11.9 Å². The van der Waals surface area contributed by atoms with Gasteiger partial charge in [-0.1, -0.05) is 54.9 Å². The van der Waals surface area contributed by atoms with Crippen molar-refractivity contribution < 1.29 is 59.9 Å². The number of aromatic nitrogens is 1. The molecule has 1 saturated heterocycles. The number of unbranched alkanes of at least 4 members (excludes halogenated alkanes) is 1. The average molecular weight is 917 g/mol. The van der Waals surface area contributed by atoms with Gasteiger partial charge in [-0.05, 0) is 56.2 Å². The first-order chi connectivity index (χ1) is 28.9. The van der Waals surface area contributed by atoms with Gasteiger partial charge in [-0.25, -0.2) is 28.0 Å². The molecule has 62 heavy (non-hydrogen) atoms. The van der Waals surface area contributed by atoms with Crippen LogP contribution in [-0.2, 0) is 28.4 Å². The van der Waals surface area contributed by atoms with Gasteiger partial charge in [-0.3, -0.25) is 24.1 Å².